The molecule has 1 aromatic heterocycles. The van der Waals surface area contributed by atoms with E-state index in [2.05, 4.69) is 43.8 Å². The molecule has 1 atom stereocenters. The molecule has 0 saturated heterocycles. The fraction of sp³-hybridized carbons (Fsp3) is 0.562. The lowest BCUT2D eigenvalue weighted by Gasteiger charge is -2.26. The van der Waals surface area contributed by atoms with Gasteiger partial charge in [0.2, 0.25) is 0 Å². The number of fused-ring (bicyclic) bond motifs is 1. The van der Waals surface area contributed by atoms with Gasteiger partial charge >= 0.3 is 0 Å². The van der Waals surface area contributed by atoms with Crippen molar-refractivity contribution < 1.29 is 5.11 Å². The van der Waals surface area contributed by atoms with Gasteiger partial charge in [0.15, 0.2) is 0 Å². The minimum Gasteiger partial charge on any atom is -0.396 e. The molecule has 0 bridgehead atoms. The molecule has 0 fully saturated rings. The third-order valence-electron chi connectivity index (χ3n) is 3.88. The average molecular weight is 275 g/mol. The van der Waals surface area contributed by atoms with E-state index in [9.17, 15) is 0 Å². The molecule has 0 saturated carbocycles. The molecule has 1 aromatic carbocycles. The van der Waals surface area contributed by atoms with E-state index in [0.717, 1.165) is 29.8 Å². The first-order chi connectivity index (χ1) is 9.44. The molecule has 2 aromatic rings. The third-order valence-corrected chi connectivity index (χ3v) is 3.88. The van der Waals surface area contributed by atoms with Crippen molar-refractivity contribution in [1.82, 2.24) is 14.9 Å². The molecule has 0 aliphatic rings. The molecule has 0 aliphatic carbocycles. The van der Waals surface area contributed by atoms with Crippen molar-refractivity contribution >= 4 is 11.0 Å². The average Bonchev–Trinajstić information content (AvgIpc) is 2.74. The summed E-state index contributed by atoms with van der Waals surface area (Å²) in [6.45, 7) is 7.55. The Morgan fingerprint density at radius 3 is 2.70 bits per heavy atom. The number of aryl methyl sites for hydroxylation is 1. The second-order valence-corrected chi connectivity index (χ2v) is 6.26. The highest BCUT2D eigenvalue weighted by Crippen LogP contribution is 2.22. The van der Waals surface area contributed by atoms with Crippen LogP contribution in [0, 0.1) is 5.41 Å². The quantitative estimate of drug-likeness (QED) is 0.852. The van der Waals surface area contributed by atoms with Gasteiger partial charge in [-0.1, -0.05) is 26.0 Å². The Kier molecular flexibility index (Phi) is 4.45. The summed E-state index contributed by atoms with van der Waals surface area (Å²) in [5.74, 6) is 1.05. The molecule has 0 spiro atoms. The van der Waals surface area contributed by atoms with Crippen LogP contribution in [0.25, 0.3) is 11.0 Å². The molecule has 0 radical (unpaired) electrons. The van der Waals surface area contributed by atoms with E-state index in [1.54, 1.807) is 0 Å². The number of hydrogen-bond donors (Lipinski definition) is 2. The normalized spacial score (nSPS) is 13.8. The van der Waals surface area contributed by atoms with Gasteiger partial charge in [-0.25, -0.2) is 4.98 Å². The first-order valence-electron chi connectivity index (χ1n) is 7.20. The van der Waals surface area contributed by atoms with E-state index >= 15 is 0 Å². The summed E-state index contributed by atoms with van der Waals surface area (Å²) in [6.07, 6.45) is 0.801. The highest BCUT2D eigenvalue weighted by molar-refractivity contribution is 5.75. The number of rotatable bonds is 6. The molecular formula is C16H25N3O. The zero-order valence-corrected chi connectivity index (χ0v) is 12.8. The fourth-order valence-electron chi connectivity index (χ4n) is 2.46. The highest BCUT2D eigenvalue weighted by atomic mass is 16.3. The number of nitrogens with zero attached hydrogens (tertiary/aromatic N) is 2. The largest absolute Gasteiger partial charge is 0.396 e. The molecule has 4 nitrogen and oxygen atoms in total. The maximum atomic E-state index is 9.08. The summed E-state index contributed by atoms with van der Waals surface area (Å²) in [5, 5.41) is 12.6. The van der Waals surface area contributed by atoms with Crippen LogP contribution in [0.3, 0.4) is 0 Å². The van der Waals surface area contributed by atoms with Crippen LogP contribution in [-0.2, 0) is 7.05 Å². The molecule has 4 heteroatoms. The predicted octanol–water partition coefficient (Wildman–Crippen LogP) is 2.63. The molecule has 20 heavy (non-hydrogen) atoms. The predicted molar refractivity (Wildman–Crippen MR) is 82.6 cm³/mol. The summed E-state index contributed by atoms with van der Waals surface area (Å²) >= 11 is 0. The summed E-state index contributed by atoms with van der Waals surface area (Å²) in [7, 11) is 2.06. The van der Waals surface area contributed by atoms with Crippen LogP contribution in [0.5, 0.6) is 0 Å². The second kappa shape index (κ2) is 5.94. The summed E-state index contributed by atoms with van der Waals surface area (Å²) in [4.78, 5) is 4.71. The minimum atomic E-state index is 0.0909. The number of aromatic nitrogens is 2. The summed E-state index contributed by atoms with van der Waals surface area (Å²) in [5.41, 5.74) is 2.28. The van der Waals surface area contributed by atoms with Crippen molar-refractivity contribution in [2.24, 2.45) is 12.5 Å². The fourth-order valence-corrected chi connectivity index (χ4v) is 2.46. The van der Waals surface area contributed by atoms with Crippen molar-refractivity contribution in [3.63, 3.8) is 0 Å². The first kappa shape index (κ1) is 15.0. The standard InChI is InChI=1S/C16H25N3O/c1-12(17-11-16(2,3)9-10-20)15-18-13-7-5-6-8-14(13)19(15)4/h5-8,12,17,20H,9-11H2,1-4H3. The summed E-state index contributed by atoms with van der Waals surface area (Å²) < 4.78 is 2.14. The van der Waals surface area contributed by atoms with Crippen molar-refractivity contribution in [2.75, 3.05) is 13.2 Å². The third kappa shape index (κ3) is 3.19. The molecule has 0 amide bonds. The Hall–Kier alpha value is -1.39. The molecule has 110 valence electrons. The lowest BCUT2D eigenvalue weighted by atomic mass is 9.89. The van der Waals surface area contributed by atoms with Crippen molar-refractivity contribution in [1.29, 1.82) is 0 Å². The van der Waals surface area contributed by atoms with E-state index in [0.29, 0.717) is 0 Å². The van der Waals surface area contributed by atoms with E-state index < -0.39 is 0 Å². The Labute approximate surface area is 120 Å². The summed E-state index contributed by atoms with van der Waals surface area (Å²) in [6, 6.07) is 8.37. The van der Waals surface area contributed by atoms with Crippen molar-refractivity contribution in [2.45, 2.75) is 33.2 Å². The SMILES string of the molecule is CC(NCC(C)(C)CCO)c1nc2ccccc2n1C. The lowest BCUT2D eigenvalue weighted by molar-refractivity contribution is 0.203. The van der Waals surface area contributed by atoms with Gasteiger partial charge in [0, 0.05) is 20.2 Å². The van der Waals surface area contributed by atoms with Gasteiger partial charge in [-0.05, 0) is 30.9 Å². The van der Waals surface area contributed by atoms with Crippen LogP contribution >= 0.6 is 0 Å². The zero-order chi connectivity index (χ0) is 14.8. The van der Waals surface area contributed by atoms with E-state index in [-0.39, 0.29) is 18.1 Å². The second-order valence-electron chi connectivity index (χ2n) is 6.26. The number of aliphatic hydroxyl groups excluding tert-OH is 1. The van der Waals surface area contributed by atoms with Crippen molar-refractivity contribution in [3.8, 4) is 0 Å². The highest BCUT2D eigenvalue weighted by Gasteiger charge is 2.20. The van der Waals surface area contributed by atoms with E-state index in [4.69, 9.17) is 10.1 Å². The van der Waals surface area contributed by atoms with Gasteiger partial charge in [0.05, 0.1) is 17.1 Å². The van der Waals surface area contributed by atoms with E-state index in [1.807, 2.05) is 18.2 Å². The Bertz CT molecular complexity index is 574. The van der Waals surface area contributed by atoms with Crippen LogP contribution in [0.4, 0.5) is 0 Å². The van der Waals surface area contributed by atoms with Crippen molar-refractivity contribution in [3.05, 3.63) is 30.1 Å². The lowest BCUT2D eigenvalue weighted by Crippen LogP contribution is -2.33. The van der Waals surface area contributed by atoms with Gasteiger partial charge < -0.3 is 15.0 Å². The van der Waals surface area contributed by atoms with Crippen LogP contribution < -0.4 is 5.32 Å². The Morgan fingerprint density at radius 2 is 2.05 bits per heavy atom. The van der Waals surface area contributed by atoms with Crippen LogP contribution in [-0.4, -0.2) is 27.8 Å². The molecule has 1 heterocycles. The first-order valence-corrected chi connectivity index (χ1v) is 7.20. The van der Waals surface area contributed by atoms with Crippen LogP contribution in [0.1, 0.15) is 39.1 Å². The van der Waals surface area contributed by atoms with Gasteiger partial charge in [0.25, 0.3) is 0 Å². The van der Waals surface area contributed by atoms with Crippen LogP contribution in [0.15, 0.2) is 24.3 Å². The van der Waals surface area contributed by atoms with Gasteiger partial charge in [-0.2, -0.15) is 0 Å². The molecule has 2 rings (SSSR count). The molecular weight excluding hydrogens is 250 g/mol. The topological polar surface area (TPSA) is 50.1 Å². The Morgan fingerprint density at radius 1 is 1.35 bits per heavy atom. The monoisotopic (exact) mass is 275 g/mol. The molecule has 0 aliphatic heterocycles. The van der Waals surface area contributed by atoms with E-state index in [1.165, 1.54) is 0 Å². The minimum absolute atomic E-state index is 0.0909. The molecule has 2 N–H and O–H groups in total. The Balaban J connectivity index is 2.11. The zero-order valence-electron chi connectivity index (χ0n) is 12.8. The van der Waals surface area contributed by atoms with Gasteiger partial charge in [-0.15, -0.1) is 0 Å². The van der Waals surface area contributed by atoms with Crippen LogP contribution in [0.2, 0.25) is 0 Å². The number of para-hydroxylation sites is 2. The number of nitrogens with one attached hydrogen (secondary N) is 1. The number of benzene rings is 1. The maximum absolute atomic E-state index is 9.08. The van der Waals surface area contributed by atoms with Gasteiger partial charge in [0.1, 0.15) is 5.82 Å². The number of imidazole rings is 1. The number of hydrogen-bond acceptors (Lipinski definition) is 3. The molecule has 1 unspecified atom stereocenters. The number of aliphatic hydroxyl groups is 1. The smallest absolute Gasteiger partial charge is 0.126 e. The van der Waals surface area contributed by atoms with Gasteiger partial charge in [-0.3, -0.25) is 0 Å². The maximum Gasteiger partial charge on any atom is 0.126 e.